The molecular formula is C21H26N4O4. The highest BCUT2D eigenvalue weighted by atomic mass is 16.6. The van der Waals surface area contributed by atoms with Crippen molar-refractivity contribution in [1.82, 2.24) is 10.6 Å². The molecule has 0 unspecified atom stereocenters. The molecule has 0 atom stereocenters. The van der Waals surface area contributed by atoms with Crippen LogP contribution in [0.5, 0.6) is 0 Å². The number of carbonyl (C=O) groups excluding carboxylic acids is 2. The second-order valence-electron chi connectivity index (χ2n) is 6.11. The van der Waals surface area contributed by atoms with E-state index in [-0.39, 0.29) is 19.2 Å². The summed E-state index contributed by atoms with van der Waals surface area (Å²) >= 11 is 0. The minimum Gasteiger partial charge on any atom is -0.444 e. The van der Waals surface area contributed by atoms with E-state index in [4.69, 9.17) is 15.2 Å². The molecule has 29 heavy (non-hydrogen) atoms. The standard InChI is InChI=1S/C21H26N4O4/c22-13-7-8-14-23-19(24-20(26)28-15-17-9-3-1-4-10-17)25-21(27)29-16-18-11-5-2-6-12-18/h1-6,9-12H,7-8,13-16,22H2,(H2,23,24,25,26,27). The zero-order valence-electron chi connectivity index (χ0n) is 16.2. The van der Waals surface area contributed by atoms with Gasteiger partial charge in [-0.2, -0.15) is 0 Å². The number of nitrogens with two attached hydrogens (primary N) is 1. The van der Waals surface area contributed by atoms with Gasteiger partial charge in [0.05, 0.1) is 0 Å². The van der Waals surface area contributed by atoms with Crippen LogP contribution in [-0.2, 0) is 22.7 Å². The molecule has 0 spiro atoms. The van der Waals surface area contributed by atoms with Crippen molar-refractivity contribution in [2.45, 2.75) is 26.1 Å². The van der Waals surface area contributed by atoms with E-state index < -0.39 is 12.2 Å². The molecule has 2 amide bonds. The number of nitrogens with one attached hydrogen (secondary N) is 2. The van der Waals surface area contributed by atoms with Gasteiger partial charge in [0, 0.05) is 6.54 Å². The summed E-state index contributed by atoms with van der Waals surface area (Å²) in [6.45, 7) is 1.23. The summed E-state index contributed by atoms with van der Waals surface area (Å²) in [5.41, 5.74) is 7.16. The lowest BCUT2D eigenvalue weighted by atomic mass is 10.2. The topological polar surface area (TPSA) is 115 Å². The molecule has 8 nitrogen and oxygen atoms in total. The lowest BCUT2D eigenvalue weighted by Gasteiger charge is -2.11. The van der Waals surface area contributed by atoms with Crippen LogP contribution in [0, 0.1) is 0 Å². The lowest BCUT2D eigenvalue weighted by Crippen LogP contribution is -2.42. The fraction of sp³-hybridized carbons (Fsp3) is 0.286. The highest BCUT2D eigenvalue weighted by Gasteiger charge is 2.10. The summed E-state index contributed by atoms with van der Waals surface area (Å²) in [5.74, 6) is -0.0295. The van der Waals surface area contributed by atoms with Gasteiger partial charge in [0.25, 0.3) is 0 Å². The Morgan fingerprint density at radius 2 is 1.45 bits per heavy atom. The Labute approximate surface area is 170 Å². The Morgan fingerprint density at radius 3 is 2.03 bits per heavy atom. The summed E-state index contributed by atoms with van der Waals surface area (Å²) in [6.07, 6.45) is 0.0142. The molecule has 8 heteroatoms. The van der Waals surface area contributed by atoms with Gasteiger partial charge in [0.2, 0.25) is 5.96 Å². The van der Waals surface area contributed by atoms with Crippen LogP contribution in [0.2, 0.25) is 0 Å². The normalized spacial score (nSPS) is 10.9. The number of benzene rings is 2. The number of guanidine groups is 1. The zero-order valence-corrected chi connectivity index (χ0v) is 16.2. The van der Waals surface area contributed by atoms with E-state index >= 15 is 0 Å². The number of carbonyl (C=O) groups is 2. The maximum atomic E-state index is 12.1. The highest BCUT2D eigenvalue weighted by Crippen LogP contribution is 2.02. The number of amides is 2. The number of ether oxygens (including phenoxy) is 2. The number of unbranched alkanes of at least 4 members (excludes halogenated alkanes) is 1. The predicted molar refractivity (Wildman–Crippen MR) is 110 cm³/mol. The molecule has 0 bridgehead atoms. The quantitative estimate of drug-likeness (QED) is 0.358. The molecule has 2 rings (SSSR count). The molecule has 0 fully saturated rings. The van der Waals surface area contributed by atoms with E-state index in [1.807, 2.05) is 60.7 Å². The maximum Gasteiger partial charge on any atom is 0.437 e. The first-order valence-corrected chi connectivity index (χ1v) is 9.38. The lowest BCUT2D eigenvalue weighted by molar-refractivity contribution is 0.144. The average Bonchev–Trinajstić information content (AvgIpc) is 2.75. The molecule has 0 heterocycles. The summed E-state index contributed by atoms with van der Waals surface area (Å²) in [7, 11) is 0. The van der Waals surface area contributed by atoms with Gasteiger partial charge in [-0.1, -0.05) is 60.7 Å². The molecule has 0 radical (unpaired) electrons. The third kappa shape index (κ3) is 9.39. The van der Waals surface area contributed by atoms with Gasteiger partial charge in [0.15, 0.2) is 0 Å². The summed E-state index contributed by atoms with van der Waals surface area (Å²) in [5, 5.41) is 5.33. The molecule has 2 aromatic rings. The molecule has 0 aliphatic carbocycles. The first kappa shape index (κ1) is 21.9. The zero-order chi connectivity index (χ0) is 20.7. The van der Waals surface area contributed by atoms with E-state index in [0.29, 0.717) is 13.1 Å². The van der Waals surface area contributed by atoms with Gasteiger partial charge in [-0.05, 0) is 30.5 Å². The SMILES string of the molecule is NCCCCN/C(=N/C(=O)OCc1ccccc1)NC(=O)OCc1ccccc1. The Bertz CT molecular complexity index is 782. The Kier molecular flexibility index (Phi) is 9.74. The molecule has 0 saturated carbocycles. The fourth-order valence-corrected chi connectivity index (χ4v) is 2.29. The van der Waals surface area contributed by atoms with E-state index in [1.165, 1.54) is 0 Å². The van der Waals surface area contributed by atoms with Crippen LogP contribution in [0.3, 0.4) is 0 Å². The van der Waals surface area contributed by atoms with E-state index in [2.05, 4.69) is 15.6 Å². The van der Waals surface area contributed by atoms with Crippen molar-refractivity contribution in [3.63, 3.8) is 0 Å². The van der Waals surface area contributed by atoms with Crippen molar-refractivity contribution in [2.24, 2.45) is 10.7 Å². The van der Waals surface area contributed by atoms with Gasteiger partial charge in [-0.3, -0.25) is 5.32 Å². The number of nitrogens with zero attached hydrogens (tertiary/aromatic N) is 1. The number of aliphatic imine (C=N–C) groups is 1. The summed E-state index contributed by atoms with van der Waals surface area (Å²) in [6, 6.07) is 18.5. The van der Waals surface area contributed by atoms with Crippen LogP contribution < -0.4 is 16.4 Å². The van der Waals surface area contributed by atoms with Crippen molar-refractivity contribution in [2.75, 3.05) is 13.1 Å². The molecule has 2 aromatic carbocycles. The minimum absolute atomic E-state index is 0.0295. The molecule has 0 aromatic heterocycles. The van der Waals surface area contributed by atoms with Crippen molar-refractivity contribution >= 4 is 18.1 Å². The van der Waals surface area contributed by atoms with Gasteiger partial charge in [0.1, 0.15) is 13.2 Å². The van der Waals surface area contributed by atoms with Crippen LogP contribution in [0.1, 0.15) is 24.0 Å². The monoisotopic (exact) mass is 398 g/mol. The second kappa shape index (κ2) is 12.9. The maximum absolute atomic E-state index is 12.1. The van der Waals surface area contributed by atoms with Crippen molar-refractivity contribution in [3.05, 3.63) is 71.8 Å². The number of rotatable bonds is 8. The third-order valence-corrected chi connectivity index (χ3v) is 3.76. The van der Waals surface area contributed by atoms with Gasteiger partial charge < -0.3 is 20.5 Å². The van der Waals surface area contributed by atoms with E-state index in [0.717, 1.165) is 24.0 Å². The van der Waals surface area contributed by atoms with E-state index in [1.54, 1.807) is 0 Å². The Morgan fingerprint density at radius 1 is 0.862 bits per heavy atom. The Balaban J connectivity index is 1.88. The van der Waals surface area contributed by atoms with Gasteiger partial charge in [-0.25, -0.2) is 9.59 Å². The van der Waals surface area contributed by atoms with Crippen molar-refractivity contribution in [1.29, 1.82) is 0 Å². The van der Waals surface area contributed by atoms with Crippen molar-refractivity contribution < 1.29 is 19.1 Å². The smallest absolute Gasteiger partial charge is 0.437 e. The number of hydrogen-bond donors (Lipinski definition) is 3. The number of hydrogen-bond acceptors (Lipinski definition) is 5. The fourth-order valence-electron chi connectivity index (χ4n) is 2.29. The number of alkyl carbamates (subject to hydrolysis) is 1. The molecule has 0 aliphatic rings. The van der Waals surface area contributed by atoms with Crippen LogP contribution in [0.4, 0.5) is 9.59 Å². The molecular weight excluding hydrogens is 372 g/mol. The van der Waals surface area contributed by atoms with Crippen LogP contribution >= 0.6 is 0 Å². The molecule has 0 aliphatic heterocycles. The van der Waals surface area contributed by atoms with Gasteiger partial charge in [-0.15, -0.1) is 4.99 Å². The molecule has 154 valence electrons. The third-order valence-electron chi connectivity index (χ3n) is 3.76. The van der Waals surface area contributed by atoms with Gasteiger partial charge >= 0.3 is 12.2 Å². The first-order chi connectivity index (χ1) is 14.2. The minimum atomic E-state index is -0.821. The summed E-state index contributed by atoms with van der Waals surface area (Å²) in [4.78, 5) is 27.9. The average molecular weight is 398 g/mol. The largest absolute Gasteiger partial charge is 0.444 e. The van der Waals surface area contributed by atoms with Crippen LogP contribution in [0.25, 0.3) is 0 Å². The van der Waals surface area contributed by atoms with Crippen LogP contribution in [0.15, 0.2) is 65.7 Å². The highest BCUT2D eigenvalue weighted by molar-refractivity contribution is 5.98. The second-order valence-corrected chi connectivity index (χ2v) is 6.11. The van der Waals surface area contributed by atoms with Crippen LogP contribution in [-0.4, -0.2) is 31.2 Å². The summed E-state index contributed by atoms with van der Waals surface area (Å²) < 4.78 is 10.3. The molecule has 0 saturated heterocycles. The van der Waals surface area contributed by atoms with Crippen molar-refractivity contribution in [3.8, 4) is 0 Å². The first-order valence-electron chi connectivity index (χ1n) is 9.38. The Hall–Kier alpha value is -3.39. The van der Waals surface area contributed by atoms with E-state index in [9.17, 15) is 9.59 Å². The predicted octanol–water partition coefficient (Wildman–Crippen LogP) is 2.93. The molecule has 4 N–H and O–H groups in total.